The smallest absolute Gasteiger partial charge is 0.272 e. The summed E-state index contributed by atoms with van der Waals surface area (Å²) in [6, 6.07) is 4.23. The Bertz CT molecular complexity index is 546. The summed E-state index contributed by atoms with van der Waals surface area (Å²) >= 11 is 0. The summed E-state index contributed by atoms with van der Waals surface area (Å²) in [5.74, 6) is 2.57. The van der Waals surface area contributed by atoms with E-state index in [1.165, 1.54) is 31.4 Å². The molecule has 2 bridgehead atoms. The van der Waals surface area contributed by atoms with Crippen molar-refractivity contribution in [1.29, 1.82) is 0 Å². The summed E-state index contributed by atoms with van der Waals surface area (Å²) in [6.07, 6.45) is 4.01. The van der Waals surface area contributed by atoms with Crippen LogP contribution in [-0.2, 0) is 0 Å². The van der Waals surface area contributed by atoms with Crippen molar-refractivity contribution in [2.45, 2.75) is 25.3 Å². The summed E-state index contributed by atoms with van der Waals surface area (Å²) in [4.78, 5) is 10.0. The number of fused-ring (bicyclic) bond motifs is 5. The second kappa shape index (κ2) is 3.68. The highest BCUT2D eigenvalue weighted by Gasteiger charge is 2.65. The van der Waals surface area contributed by atoms with Crippen LogP contribution in [0.4, 0.5) is 15.8 Å². The first-order chi connectivity index (χ1) is 9.15. The lowest BCUT2D eigenvalue weighted by molar-refractivity contribution is -0.385. The molecule has 0 amide bonds. The maximum absolute atomic E-state index is 13.8. The number of nitrogens with one attached hydrogen (secondary N) is 1. The average molecular weight is 262 g/mol. The van der Waals surface area contributed by atoms with Gasteiger partial charge in [0.1, 0.15) is 0 Å². The fraction of sp³-hybridized carbons (Fsp3) is 0.571. The highest BCUT2D eigenvalue weighted by Crippen LogP contribution is 2.66. The summed E-state index contributed by atoms with van der Waals surface area (Å²) in [5.41, 5.74) is 0.212. The quantitative estimate of drug-likeness (QED) is 0.672. The molecule has 19 heavy (non-hydrogen) atoms. The molecule has 0 aliphatic heterocycles. The third-order valence-corrected chi connectivity index (χ3v) is 5.22. The van der Waals surface area contributed by atoms with Crippen LogP contribution in [-0.4, -0.2) is 11.0 Å². The van der Waals surface area contributed by atoms with Gasteiger partial charge in [-0.05, 0) is 49.0 Å². The Morgan fingerprint density at radius 3 is 2.53 bits per heavy atom. The molecule has 1 aromatic rings. The summed E-state index contributed by atoms with van der Waals surface area (Å²) in [7, 11) is 0. The van der Waals surface area contributed by atoms with Crippen molar-refractivity contribution in [3.05, 3.63) is 34.1 Å². The molecule has 3 aliphatic carbocycles. The van der Waals surface area contributed by atoms with E-state index in [2.05, 4.69) is 5.32 Å². The minimum absolute atomic E-state index is 0.195. The predicted molar refractivity (Wildman–Crippen MR) is 68.3 cm³/mol. The molecular formula is C14H15FN2O2. The zero-order valence-electron chi connectivity index (χ0n) is 10.4. The number of non-ortho nitro benzene ring substituents is 1. The van der Waals surface area contributed by atoms with Gasteiger partial charge in [-0.15, -0.1) is 0 Å². The summed E-state index contributed by atoms with van der Waals surface area (Å²) < 4.78 is 13.8. The highest BCUT2D eigenvalue weighted by molar-refractivity contribution is 5.52. The van der Waals surface area contributed by atoms with Crippen LogP contribution in [0.3, 0.4) is 0 Å². The van der Waals surface area contributed by atoms with Crippen LogP contribution in [0.15, 0.2) is 18.2 Å². The van der Waals surface area contributed by atoms with E-state index in [9.17, 15) is 14.5 Å². The number of halogens is 1. The maximum atomic E-state index is 13.8. The van der Waals surface area contributed by atoms with Crippen molar-refractivity contribution in [2.75, 3.05) is 5.32 Å². The van der Waals surface area contributed by atoms with Gasteiger partial charge in [-0.2, -0.15) is 0 Å². The predicted octanol–water partition coefficient (Wildman–Crippen LogP) is 3.19. The molecule has 0 spiro atoms. The van der Waals surface area contributed by atoms with Crippen molar-refractivity contribution in [2.24, 2.45) is 23.7 Å². The second-order valence-corrected chi connectivity index (χ2v) is 6.08. The molecule has 3 aliphatic rings. The lowest BCUT2D eigenvalue weighted by Gasteiger charge is -2.12. The Labute approximate surface area is 110 Å². The summed E-state index contributed by atoms with van der Waals surface area (Å²) in [5, 5.41) is 13.8. The lowest BCUT2D eigenvalue weighted by atomic mass is 10.0. The van der Waals surface area contributed by atoms with E-state index < -0.39 is 10.7 Å². The molecule has 1 N–H and O–H groups in total. The SMILES string of the molecule is O=[N+]([O-])c1ccc(NC2C3C4CCC(C4)C23)c(F)c1. The Kier molecular flexibility index (Phi) is 2.17. The molecule has 0 radical (unpaired) electrons. The van der Waals surface area contributed by atoms with Gasteiger partial charge in [0.2, 0.25) is 0 Å². The third-order valence-electron chi connectivity index (χ3n) is 5.22. The number of hydrogen-bond acceptors (Lipinski definition) is 3. The number of nitro benzene ring substituents is 1. The van der Waals surface area contributed by atoms with Crippen molar-refractivity contribution in [3.8, 4) is 0 Å². The van der Waals surface area contributed by atoms with Gasteiger partial charge in [-0.3, -0.25) is 10.1 Å². The normalized spacial score (nSPS) is 38.1. The minimum atomic E-state index is -0.570. The van der Waals surface area contributed by atoms with Crippen molar-refractivity contribution < 1.29 is 9.31 Å². The molecule has 1 aromatic carbocycles. The van der Waals surface area contributed by atoms with Crippen LogP contribution in [0.25, 0.3) is 0 Å². The average Bonchev–Trinajstić information content (AvgIpc) is 2.79. The first-order valence-corrected chi connectivity index (χ1v) is 6.85. The van der Waals surface area contributed by atoms with Crippen LogP contribution >= 0.6 is 0 Å². The van der Waals surface area contributed by atoms with Crippen LogP contribution in [0.2, 0.25) is 0 Å². The van der Waals surface area contributed by atoms with Gasteiger partial charge in [0.05, 0.1) is 16.7 Å². The van der Waals surface area contributed by atoms with Crippen LogP contribution < -0.4 is 5.32 Å². The van der Waals surface area contributed by atoms with E-state index in [-0.39, 0.29) is 5.69 Å². The number of nitro groups is 1. The molecule has 0 heterocycles. The molecule has 100 valence electrons. The highest BCUT2D eigenvalue weighted by atomic mass is 19.1. The monoisotopic (exact) mass is 262 g/mol. The molecule has 5 heteroatoms. The van der Waals surface area contributed by atoms with Gasteiger partial charge < -0.3 is 5.32 Å². The van der Waals surface area contributed by atoms with E-state index in [0.29, 0.717) is 23.6 Å². The van der Waals surface area contributed by atoms with E-state index in [1.54, 1.807) is 0 Å². The third kappa shape index (κ3) is 1.57. The number of anilines is 1. The Morgan fingerprint density at radius 2 is 1.95 bits per heavy atom. The van der Waals surface area contributed by atoms with Crippen LogP contribution in [0.5, 0.6) is 0 Å². The minimum Gasteiger partial charge on any atom is -0.379 e. The number of hydrogen-bond donors (Lipinski definition) is 1. The first kappa shape index (κ1) is 11.2. The zero-order chi connectivity index (χ0) is 13.1. The molecule has 4 nitrogen and oxygen atoms in total. The Hall–Kier alpha value is -1.65. The van der Waals surface area contributed by atoms with Gasteiger partial charge >= 0.3 is 0 Å². The van der Waals surface area contributed by atoms with Gasteiger partial charge in [0.15, 0.2) is 5.82 Å². The molecule has 0 saturated heterocycles. The molecule has 0 aromatic heterocycles. The molecule has 3 saturated carbocycles. The molecule has 4 rings (SSSR count). The van der Waals surface area contributed by atoms with Gasteiger partial charge in [-0.25, -0.2) is 4.39 Å². The van der Waals surface area contributed by atoms with E-state index in [1.807, 2.05) is 0 Å². The number of nitrogens with zero attached hydrogens (tertiary/aromatic N) is 1. The van der Waals surface area contributed by atoms with Gasteiger partial charge in [0, 0.05) is 12.1 Å². The van der Waals surface area contributed by atoms with E-state index in [0.717, 1.165) is 17.9 Å². The number of benzene rings is 1. The Morgan fingerprint density at radius 1 is 1.26 bits per heavy atom. The van der Waals surface area contributed by atoms with E-state index >= 15 is 0 Å². The molecule has 4 unspecified atom stereocenters. The van der Waals surface area contributed by atoms with Gasteiger partial charge in [-0.1, -0.05) is 0 Å². The maximum Gasteiger partial charge on any atom is 0.272 e. The standard InChI is InChI=1S/C14H15FN2O2/c15-10-6-9(17(18)19)3-4-11(10)16-14-12-7-1-2-8(5-7)13(12)14/h3-4,6-8,12-14,16H,1-2,5H2. The second-order valence-electron chi connectivity index (χ2n) is 6.08. The van der Waals surface area contributed by atoms with Gasteiger partial charge in [0.25, 0.3) is 5.69 Å². The lowest BCUT2D eigenvalue weighted by Crippen LogP contribution is -2.13. The molecular weight excluding hydrogens is 247 g/mol. The molecule has 4 atom stereocenters. The fourth-order valence-electron chi connectivity index (χ4n) is 4.43. The fourth-order valence-corrected chi connectivity index (χ4v) is 4.43. The first-order valence-electron chi connectivity index (χ1n) is 6.85. The number of rotatable bonds is 3. The van der Waals surface area contributed by atoms with Crippen molar-refractivity contribution >= 4 is 11.4 Å². The van der Waals surface area contributed by atoms with Crippen LogP contribution in [0, 0.1) is 39.6 Å². The van der Waals surface area contributed by atoms with Crippen LogP contribution in [0.1, 0.15) is 19.3 Å². The Balaban J connectivity index is 1.51. The van der Waals surface area contributed by atoms with Crippen molar-refractivity contribution in [3.63, 3.8) is 0 Å². The zero-order valence-corrected chi connectivity index (χ0v) is 10.4. The topological polar surface area (TPSA) is 55.2 Å². The summed E-state index contributed by atoms with van der Waals surface area (Å²) in [6.45, 7) is 0. The molecule has 3 fully saturated rings. The van der Waals surface area contributed by atoms with Crippen molar-refractivity contribution in [1.82, 2.24) is 0 Å². The largest absolute Gasteiger partial charge is 0.379 e. The van der Waals surface area contributed by atoms with E-state index in [4.69, 9.17) is 0 Å².